The molecular formula is C15H19N3O2. The first-order valence-electron chi connectivity index (χ1n) is 6.80. The molecular weight excluding hydrogens is 254 g/mol. The fourth-order valence-electron chi connectivity index (χ4n) is 1.90. The summed E-state index contributed by atoms with van der Waals surface area (Å²) in [5, 5.41) is 15.1. The van der Waals surface area contributed by atoms with E-state index in [1.54, 1.807) is 13.2 Å². The molecule has 0 bridgehead atoms. The first-order chi connectivity index (χ1) is 9.72. The van der Waals surface area contributed by atoms with Crippen molar-refractivity contribution < 1.29 is 9.53 Å². The molecule has 0 heterocycles. The number of hydrogen-bond donors (Lipinski definition) is 2. The smallest absolute Gasteiger partial charge is 0.221 e. The van der Waals surface area contributed by atoms with Gasteiger partial charge in [0.25, 0.3) is 0 Å². The Bertz CT molecular complexity index is 518. The molecule has 1 aliphatic rings. The van der Waals surface area contributed by atoms with Gasteiger partial charge in [0, 0.05) is 25.6 Å². The number of carbonyl (C=O) groups is 1. The number of methoxy groups -OCH3 is 1. The van der Waals surface area contributed by atoms with E-state index in [2.05, 4.69) is 16.7 Å². The first-order valence-corrected chi connectivity index (χ1v) is 6.80. The van der Waals surface area contributed by atoms with Crippen LogP contribution in [0.2, 0.25) is 0 Å². The Morgan fingerprint density at radius 1 is 1.50 bits per heavy atom. The maximum Gasteiger partial charge on any atom is 0.221 e. The molecule has 0 unspecified atom stereocenters. The summed E-state index contributed by atoms with van der Waals surface area (Å²) >= 11 is 0. The van der Waals surface area contributed by atoms with E-state index in [0.29, 0.717) is 36.9 Å². The van der Waals surface area contributed by atoms with E-state index >= 15 is 0 Å². The molecule has 0 radical (unpaired) electrons. The Balaban J connectivity index is 1.73. The van der Waals surface area contributed by atoms with Crippen molar-refractivity contribution in [1.82, 2.24) is 10.6 Å². The Labute approximate surface area is 118 Å². The Hall–Kier alpha value is -2.06. The van der Waals surface area contributed by atoms with Crippen molar-refractivity contribution in [3.8, 4) is 11.8 Å². The van der Waals surface area contributed by atoms with Crippen LogP contribution in [-0.4, -0.2) is 25.6 Å². The molecule has 1 fully saturated rings. The molecule has 1 aromatic carbocycles. The van der Waals surface area contributed by atoms with Gasteiger partial charge in [-0.1, -0.05) is 6.07 Å². The summed E-state index contributed by atoms with van der Waals surface area (Å²) in [7, 11) is 1.55. The highest BCUT2D eigenvalue weighted by Crippen LogP contribution is 2.19. The molecule has 2 rings (SSSR count). The molecule has 5 heteroatoms. The molecule has 1 saturated carbocycles. The third kappa shape index (κ3) is 4.25. The second-order valence-corrected chi connectivity index (χ2v) is 4.92. The number of nitrogens with zero attached hydrogens (tertiary/aromatic N) is 1. The summed E-state index contributed by atoms with van der Waals surface area (Å²) in [6.07, 6.45) is 2.72. The third-order valence-corrected chi connectivity index (χ3v) is 3.19. The molecule has 0 atom stereocenters. The molecule has 106 valence electrons. The normalized spacial score (nSPS) is 13.6. The summed E-state index contributed by atoms with van der Waals surface area (Å²) in [6.45, 7) is 1.29. The first kappa shape index (κ1) is 14.4. The number of nitriles is 1. The van der Waals surface area contributed by atoms with Gasteiger partial charge in [-0.15, -0.1) is 0 Å². The third-order valence-electron chi connectivity index (χ3n) is 3.19. The van der Waals surface area contributed by atoms with Crippen LogP contribution >= 0.6 is 0 Å². The number of benzene rings is 1. The molecule has 0 aliphatic heterocycles. The lowest BCUT2D eigenvalue weighted by Gasteiger charge is -2.08. The SMILES string of the molecule is COc1cc(CNCCC(=O)NC2CC2)ccc1C#N. The fraction of sp³-hybridized carbons (Fsp3) is 0.467. The van der Waals surface area contributed by atoms with Gasteiger partial charge < -0.3 is 15.4 Å². The maximum absolute atomic E-state index is 11.5. The highest BCUT2D eigenvalue weighted by molar-refractivity contribution is 5.76. The van der Waals surface area contributed by atoms with E-state index < -0.39 is 0 Å². The Kier molecular flexibility index (Phi) is 4.97. The van der Waals surface area contributed by atoms with Crippen LogP contribution < -0.4 is 15.4 Å². The average Bonchev–Trinajstić information content (AvgIpc) is 3.27. The predicted molar refractivity (Wildman–Crippen MR) is 75.2 cm³/mol. The second-order valence-electron chi connectivity index (χ2n) is 4.92. The van der Waals surface area contributed by atoms with Crippen molar-refractivity contribution in [2.45, 2.75) is 31.8 Å². The zero-order chi connectivity index (χ0) is 14.4. The van der Waals surface area contributed by atoms with Crippen LogP contribution in [-0.2, 0) is 11.3 Å². The molecule has 0 aromatic heterocycles. The van der Waals surface area contributed by atoms with E-state index in [-0.39, 0.29) is 5.91 Å². The maximum atomic E-state index is 11.5. The van der Waals surface area contributed by atoms with E-state index in [1.807, 2.05) is 12.1 Å². The number of rotatable bonds is 7. The standard InChI is InChI=1S/C15H19N3O2/c1-20-14-8-11(2-3-12(14)9-16)10-17-7-6-15(19)18-13-4-5-13/h2-3,8,13,17H,4-7,10H2,1H3,(H,18,19). The van der Waals surface area contributed by atoms with Crippen LogP contribution in [0.4, 0.5) is 0 Å². The zero-order valence-electron chi connectivity index (χ0n) is 11.6. The van der Waals surface area contributed by atoms with Crippen molar-refractivity contribution in [2.75, 3.05) is 13.7 Å². The summed E-state index contributed by atoms with van der Waals surface area (Å²) in [6, 6.07) is 7.98. The molecule has 2 N–H and O–H groups in total. The summed E-state index contributed by atoms with van der Waals surface area (Å²) < 4.78 is 5.16. The molecule has 0 saturated heterocycles. The van der Waals surface area contributed by atoms with E-state index in [0.717, 1.165) is 18.4 Å². The van der Waals surface area contributed by atoms with Crippen molar-refractivity contribution in [1.29, 1.82) is 5.26 Å². The van der Waals surface area contributed by atoms with E-state index in [4.69, 9.17) is 10.00 Å². The second kappa shape index (κ2) is 6.92. The number of nitrogens with one attached hydrogen (secondary N) is 2. The Morgan fingerprint density at radius 2 is 2.30 bits per heavy atom. The van der Waals surface area contributed by atoms with Gasteiger partial charge in [0.15, 0.2) is 0 Å². The zero-order valence-corrected chi connectivity index (χ0v) is 11.6. The minimum Gasteiger partial charge on any atom is -0.495 e. The average molecular weight is 273 g/mol. The molecule has 1 aromatic rings. The van der Waals surface area contributed by atoms with Crippen molar-refractivity contribution in [3.63, 3.8) is 0 Å². The Morgan fingerprint density at radius 3 is 2.95 bits per heavy atom. The molecule has 1 amide bonds. The van der Waals surface area contributed by atoms with Gasteiger partial charge in [-0.3, -0.25) is 4.79 Å². The number of hydrogen-bond acceptors (Lipinski definition) is 4. The quantitative estimate of drug-likeness (QED) is 0.735. The topological polar surface area (TPSA) is 74.2 Å². The number of ether oxygens (including phenoxy) is 1. The highest BCUT2D eigenvalue weighted by Gasteiger charge is 2.22. The summed E-state index contributed by atoms with van der Waals surface area (Å²) in [5.74, 6) is 0.690. The van der Waals surface area contributed by atoms with E-state index in [1.165, 1.54) is 0 Å². The van der Waals surface area contributed by atoms with Gasteiger partial charge in [-0.05, 0) is 30.5 Å². The highest BCUT2D eigenvalue weighted by atomic mass is 16.5. The van der Waals surface area contributed by atoms with Gasteiger partial charge in [0.05, 0.1) is 12.7 Å². The van der Waals surface area contributed by atoms with Crippen molar-refractivity contribution in [3.05, 3.63) is 29.3 Å². The van der Waals surface area contributed by atoms with Crippen LogP contribution in [0, 0.1) is 11.3 Å². The van der Waals surface area contributed by atoms with E-state index in [9.17, 15) is 4.79 Å². The molecule has 0 spiro atoms. The molecule has 1 aliphatic carbocycles. The largest absolute Gasteiger partial charge is 0.495 e. The summed E-state index contributed by atoms with van der Waals surface area (Å²) in [4.78, 5) is 11.5. The van der Waals surface area contributed by atoms with Crippen molar-refractivity contribution >= 4 is 5.91 Å². The van der Waals surface area contributed by atoms with Gasteiger partial charge in [-0.25, -0.2) is 0 Å². The molecule has 5 nitrogen and oxygen atoms in total. The van der Waals surface area contributed by atoms with Crippen LogP contribution in [0.15, 0.2) is 18.2 Å². The lowest BCUT2D eigenvalue weighted by Crippen LogP contribution is -2.29. The van der Waals surface area contributed by atoms with Crippen LogP contribution in [0.1, 0.15) is 30.4 Å². The fourth-order valence-corrected chi connectivity index (χ4v) is 1.90. The van der Waals surface area contributed by atoms with Gasteiger partial charge >= 0.3 is 0 Å². The number of amides is 1. The van der Waals surface area contributed by atoms with Crippen LogP contribution in [0.25, 0.3) is 0 Å². The lowest BCUT2D eigenvalue weighted by molar-refractivity contribution is -0.121. The minimum atomic E-state index is 0.109. The van der Waals surface area contributed by atoms with Gasteiger partial charge in [-0.2, -0.15) is 5.26 Å². The monoisotopic (exact) mass is 273 g/mol. The lowest BCUT2D eigenvalue weighted by atomic mass is 10.1. The van der Waals surface area contributed by atoms with Crippen molar-refractivity contribution in [2.24, 2.45) is 0 Å². The number of carbonyl (C=O) groups excluding carboxylic acids is 1. The van der Waals surface area contributed by atoms with Gasteiger partial charge in [0.2, 0.25) is 5.91 Å². The summed E-state index contributed by atoms with van der Waals surface area (Å²) in [5.41, 5.74) is 1.56. The molecule has 20 heavy (non-hydrogen) atoms. The van der Waals surface area contributed by atoms with Gasteiger partial charge in [0.1, 0.15) is 11.8 Å². The minimum absolute atomic E-state index is 0.109. The predicted octanol–water partition coefficient (Wildman–Crippen LogP) is 1.33. The van der Waals surface area contributed by atoms with Crippen LogP contribution in [0.5, 0.6) is 5.75 Å². The van der Waals surface area contributed by atoms with Crippen LogP contribution in [0.3, 0.4) is 0 Å².